The third-order valence-corrected chi connectivity index (χ3v) is 2.09. The van der Waals surface area contributed by atoms with Crippen molar-refractivity contribution in [3.63, 3.8) is 0 Å². The molecule has 0 saturated heterocycles. The van der Waals surface area contributed by atoms with E-state index in [-0.39, 0.29) is 11.3 Å². The van der Waals surface area contributed by atoms with Crippen LogP contribution in [0.25, 0.3) is 0 Å². The topological polar surface area (TPSA) is 89.3 Å². The second kappa shape index (κ2) is 3.85. The lowest BCUT2D eigenvalue weighted by Crippen LogP contribution is -2.29. The van der Waals surface area contributed by atoms with E-state index in [9.17, 15) is 17.6 Å². The summed E-state index contributed by atoms with van der Waals surface area (Å²) in [5.74, 6) is -1.50. The molecule has 0 aliphatic carbocycles. The lowest BCUT2D eigenvalue weighted by molar-refractivity contribution is 0.0981. The fraction of sp³-hybridized carbons (Fsp3) is 0.125. The molecule has 0 aromatic heterocycles. The molecule has 82 valence electrons. The van der Waals surface area contributed by atoms with Gasteiger partial charge in [0.1, 0.15) is 5.82 Å². The van der Waals surface area contributed by atoms with Gasteiger partial charge in [-0.3, -0.25) is 4.79 Å². The first kappa shape index (κ1) is 11.4. The van der Waals surface area contributed by atoms with Crippen LogP contribution in [0.5, 0.6) is 0 Å². The molecule has 5 nitrogen and oxygen atoms in total. The van der Waals surface area contributed by atoms with Crippen LogP contribution in [-0.2, 0) is 10.0 Å². The van der Waals surface area contributed by atoms with Crippen LogP contribution >= 0.6 is 0 Å². The van der Waals surface area contributed by atoms with Gasteiger partial charge in [-0.2, -0.15) is 0 Å². The highest BCUT2D eigenvalue weighted by molar-refractivity contribution is 7.89. The zero-order valence-electron chi connectivity index (χ0n) is 7.82. The summed E-state index contributed by atoms with van der Waals surface area (Å²) in [4.78, 5) is 11.3. The molecule has 0 bridgehead atoms. The summed E-state index contributed by atoms with van der Waals surface area (Å²) in [6.45, 7) is 0. The maximum atomic E-state index is 12.7. The van der Waals surface area contributed by atoms with Crippen LogP contribution in [-0.4, -0.2) is 20.6 Å². The van der Waals surface area contributed by atoms with E-state index in [0.717, 1.165) is 24.5 Å². The molecule has 1 rings (SSSR count). The third kappa shape index (κ3) is 3.21. The number of nitrogens with one attached hydrogen (secondary N) is 1. The van der Waals surface area contributed by atoms with E-state index in [4.69, 9.17) is 5.73 Å². The summed E-state index contributed by atoms with van der Waals surface area (Å²) >= 11 is 0. The number of hydrogen-bond acceptors (Lipinski definition) is 4. The number of carbonyl (C=O) groups excluding carboxylic acids is 1. The van der Waals surface area contributed by atoms with Gasteiger partial charge in [0.05, 0.1) is 11.9 Å². The Bertz CT molecular complexity index is 499. The van der Waals surface area contributed by atoms with Gasteiger partial charge in [0.2, 0.25) is 10.0 Å². The van der Waals surface area contributed by atoms with Crippen LogP contribution in [0.15, 0.2) is 18.2 Å². The quantitative estimate of drug-likeness (QED) is 0.707. The average molecular weight is 232 g/mol. The van der Waals surface area contributed by atoms with E-state index < -0.39 is 21.7 Å². The summed E-state index contributed by atoms with van der Waals surface area (Å²) in [6.07, 6.45) is 0.845. The van der Waals surface area contributed by atoms with Crippen molar-refractivity contribution in [2.24, 2.45) is 0 Å². The minimum atomic E-state index is -3.63. The van der Waals surface area contributed by atoms with Crippen molar-refractivity contribution in [1.82, 2.24) is 4.72 Å². The first-order valence-electron chi connectivity index (χ1n) is 3.87. The summed E-state index contributed by atoms with van der Waals surface area (Å²) in [7, 11) is -3.63. The Morgan fingerprint density at radius 3 is 2.53 bits per heavy atom. The Morgan fingerprint density at radius 1 is 1.47 bits per heavy atom. The predicted octanol–water partition coefficient (Wildman–Crippen LogP) is 0.0973. The molecule has 0 atom stereocenters. The first-order chi connectivity index (χ1) is 6.79. The van der Waals surface area contributed by atoms with Crippen molar-refractivity contribution < 1.29 is 17.6 Å². The van der Waals surface area contributed by atoms with E-state index in [1.165, 1.54) is 0 Å². The second-order valence-corrected chi connectivity index (χ2v) is 4.69. The molecular weight excluding hydrogens is 223 g/mol. The van der Waals surface area contributed by atoms with Crippen molar-refractivity contribution in [3.05, 3.63) is 29.6 Å². The van der Waals surface area contributed by atoms with E-state index in [0.29, 0.717) is 0 Å². The number of carbonyl (C=O) groups is 1. The largest absolute Gasteiger partial charge is 0.396 e. The van der Waals surface area contributed by atoms with Crippen molar-refractivity contribution in [2.45, 2.75) is 0 Å². The molecule has 0 aliphatic heterocycles. The molecule has 0 aliphatic rings. The molecule has 0 radical (unpaired) electrons. The Hall–Kier alpha value is -1.63. The SMILES string of the molecule is CS(=O)(=O)NC(=O)c1ccc(F)c(N)c1. The first-order valence-corrected chi connectivity index (χ1v) is 5.76. The number of rotatable bonds is 2. The maximum Gasteiger partial charge on any atom is 0.264 e. The Labute approximate surface area is 86.1 Å². The highest BCUT2D eigenvalue weighted by Gasteiger charge is 2.12. The number of hydrogen-bond donors (Lipinski definition) is 2. The lowest BCUT2D eigenvalue weighted by Gasteiger charge is -2.03. The number of anilines is 1. The van der Waals surface area contributed by atoms with E-state index in [1.807, 2.05) is 0 Å². The summed E-state index contributed by atoms with van der Waals surface area (Å²) in [6, 6.07) is 3.20. The number of benzene rings is 1. The molecule has 1 aromatic rings. The van der Waals surface area contributed by atoms with Crippen molar-refractivity contribution in [3.8, 4) is 0 Å². The summed E-state index contributed by atoms with van der Waals surface area (Å²) in [5.41, 5.74) is 4.99. The van der Waals surface area contributed by atoms with Gasteiger partial charge >= 0.3 is 0 Å². The molecule has 15 heavy (non-hydrogen) atoms. The van der Waals surface area contributed by atoms with Gasteiger partial charge in [-0.15, -0.1) is 0 Å². The van der Waals surface area contributed by atoms with Gasteiger partial charge in [0.25, 0.3) is 5.91 Å². The lowest BCUT2D eigenvalue weighted by atomic mass is 10.2. The predicted molar refractivity (Wildman–Crippen MR) is 53.1 cm³/mol. The average Bonchev–Trinajstić information content (AvgIpc) is 2.06. The fourth-order valence-electron chi connectivity index (χ4n) is 0.912. The van der Waals surface area contributed by atoms with Gasteiger partial charge in [0.15, 0.2) is 0 Å². The van der Waals surface area contributed by atoms with E-state index in [2.05, 4.69) is 0 Å². The molecule has 3 N–H and O–H groups in total. The number of nitrogens with two attached hydrogens (primary N) is 1. The number of amides is 1. The molecule has 0 spiro atoms. The smallest absolute Gasteiger partial charge is 0.264 e. The molecule has 7 heteroatoms. The van der Waals surface area contributed by atoms with Gasteiger partial charge in [0, 0.05) is 5.56 Å². The monoisotopic (exact) mass is 232 g/mol. The second-order valence-electron chi connectivity index (χ2n) is 2.94. The van der Waals surface area contributed by atoms with Crippen LogP contribution < -0.4 is 10.5 Å². The standard InChI is InChI=1S/C8H9FN2O3S/c1-15(13,14)11-8(12)5-2-3-6(9)7(10)4-5/h2-4H,10H2,1H3,(H,11,12). The van der Waals surface area contributed by atoms with E-state index in [1.54, 1.807) is 4.72 Å². The molecular formula is C8H9FN2O3S. The minimum Gasteiger partial charge on any atom is -0.396 e. The van der Waals surface area contributed by atoms with Crippen LogP contribution in [0, 0.1) is 5.82 Å². The molecule has 0 fully saturated rings. The zero-order valence-corrected chi connectivity index (χ0v) is 8.64. The van der Waals surface area contributed by atoms with Crippen molar-refractivity contribution in [2.75, 3.05) is 12.0 Å². The van der Waals surface area contributed by atoms with Crippen LogP contribution in [0.3, 0.4) is 0 Å². The van der Waals surface area contributed by atoms with Crippen LogP contribution in [0.4, 0.5) is 10.1 Å². The molecule has 0 unspecified atom stereocenters. The Balaban J connectivity index is 2.98. The van der Waals surface area contributed by atoms with Crippen molar-refractivity contribution in [1.29, 1.82) is 0 Å². The van der Waals surface area contributed by atoms with Gasteiger partial charge in [-0.25, -0.2) is 17.5 Å². The molecule has 1 aromatic carbocycles. The summed E-state index contributed by atoms with van der Waals surface area (Å²) in [5, 5.41) is 0. The number of halogens is 1. The number of sulfonamides is 1. The van der Waals surface area contributed by atoms with Crippen LogP contribution in [0.1, 0.15) is 10.4 Å². The summed E-state index contributed by atoms with van der Waals surface area (Å²) < 4.78 is 35.9. The number of nitrogen functional groups attached to an aromatic ring is 1. The van der Waals surface area contributed by atoms with E-state index >= 15 is 0 Å². The highest BCUT2D eigenvalue weighted by atomic mass is 32.2. The zero-order chi connectivity index (χ0) is 11.6. The molecule has 0 heterocycles. The maximum absolute atomic E-state index is 12.7. The molecule has 0 saturated carbocycles. The normalized spacial score (nSPS) is 11.1. The Morgan fingerprint density at radius 2 is 2.07 bits per heavy atom. The van der Waals surface area contributed by atoms with Gasteiger partial charge in [-0.05, 0) is 18.2 Å². The highest BCUT2D eigenvalue weighted by Crippen LogP contribution is 2.12. The van der Waals surface area contributed by atoms with Gasteiger partial charge in [-0.1, -0.05) is 0 Å². The Kier molecular flexibility index (Phi) is 2.94. The van der Waals surface area contributed by atoms with Crippen molar-refractivity contribution >= 4 is 21.6 Å². The third-order valence-electron chi connectivity index (χ3n) is 1.54. The fourth-order valence-corrected chi connectivity index (χ4v) is 1.37. The molecule has 1 amide bonds. The van der Waals surface area contributed by atoms with Gasteiger partial charge < -0.3 is 5.73 Å². The minimum absolute atomic E-state index is 0.0145. The van der Waals surface area contributed by atoms with Crippen LogP contribution in [0.2, 0.25) is 0 Å².